The lowest BCUT2D eigenvalue weighted by atomic mass is 9.84. The third kappa shape index (κ3) is 5.30. The molecule has 0 heterocycles. The summed E-state index contributed by atoms with van der Waals surface area (Å²) in [5.41, 5.74) is 0. The molecule has 110 valence electrons. The van der Waals surface area contributed by atoms with Gasteiger partial charge < -0.3 is 15.7 Å². The summed E-state index contributed by atoms with van der Waals surface area (Å²) in [6.07, 6.45) is 5.30. The standard InChI is InChI=1S/C13H24N2O3S/c1-13(2,19-3)8-14-12(18)15-10-7-5-4-6-9(10)11(16)17/h9-10H,4-8H2,1-3H3,(H,16,17)(H2,14,15,18). The minimum absolute atomic E-state index is 0.0178. The predicted octanol–water partition coefficient (Wildman–Crippen LogP) is 2.07. The number of thioether (sulfide) groups is 1. The van der Waals surface area contributed by atoms with Crippen molar-refractivity contribution in [1.29, 1.82) is 0 Å². The molecule has 2 unspecified atom stereocenters. The van der Waals surface area contributed by atoms with Crippen LogP contribution in [0.1, 0.15) is 39.5 Å². The Kier molecular flexibility index (Phi) is 5.97. The molecule has 1 saturated carbocycles. The van der Waals surface area contributed by atoms with Gasteiger partial charge in [-0.15, -0.1) is 0 Å². The van der Waals surface area contributed by atoms with Gasteiger partial charge in [0.25, 0.3) is 0 Å². The van der Waals surface area contributed by atoms with Crippen LogP contribution in [-0.2, 0) is 4.79 Å². The summed E-state index contributed by atoms with van der Waals surface area (Å²) >= 11 is 1.68. The van der Waals surface area contributed by atoms with E-state index in [0.29, 0.717) is 13.0 Å². The van der Waals surface area contributed by atoms with Crippen LogP contribution < -0.4 is 10.6 Å². The average molecular weight is 288 g/mol. The number of rotatable bonds is 5. The van der Waals surface area contributed by atoms with E-state index in [1.165, 1.54) is 0 Å². The molecule has 1 fully saturated rings. The first-order chi connectivity index (χ1) is 8.85. The van der Waals surface area contributed by atoms with Gasteiger partial charge in [-0.2, -0.15) is 11.8 Å². The molecule has 1 aliphatic carbocycles. The zero-order valence-electron chi connectivity index (χ0n) is 11.9. The highest BCUT2D eigenvalue weighted by atomic mass is 32.2. The Morgan fingerprint density at radius 1 is 1.32 bits per heavy atom. The van der Waals surface area contributed by atoms with Gasteiger partial charge in [0.05, 0.1) is 5.92 Å². The molecule has 5 nitrogen and oxygen atoms in total. The van der Waals surface area contributed by atoms with Crippen molar-refractivity contribution in [2.45, 2.75) is 50.3 Å². The first-order valence-electron chi connectivity index (χ1n) is 6.68. The fraction of sp³-hybridized carbons (Fsp3) is 0.846. The van der Waals surface area contributed by atoms with Crippen LogP contribution in [0.3, 0.4) is 0 Å². The molecule has 0 aliphatic heterocycles. The van der Waals surface area contributed by atoms with E-state index in [1.54, 1.807) is 11.8 Å². The van der Waals surface area contributed by atoms with Crippen molar-refractivity contribution in [3.05, 3.63) is 0 Å². The molecule has 0 aromatic rings. The summed E-state index contributed by atoms with van der Waals surface area (Å²) in [5, 5.41) is 14.8. The summed E-state index contributed by atoms with van der Waals surface area (Å²) < 4.78 is -0.0178. The molecular formula is C13H24N2O3S. The van der Waals surface area contributed by atoms with Gasteiger partial charge in [-0.1, -0.05) is 12.8 Å². The van der Waals surface area contributed by atoms with Crippen LogP contribution in [-0.4, -0.2) is 40.7 Å². The van der Waals surface area contributed by atoms with E-state index < -0.39 is 11.9 Å². The summed E-state index contributed by atoms with van der Waals surface area (Å²) in [4.78, 5) is 23.0. The maximum absolute atomic E-state index is 11.8. The largest absolute Gasteiger partial charge is 0.481 e. The molecule has 6 heteroatoms. The van der Waals surface area contributed by atoms with Gasteiger partial charge >= 0.3 is 12.0 Å². The van der Waals surface area contributed by atoms with Crippen molar-refractivity contribution >= 4 is 23.8 Å². The first-order valence-corrected chi connectivity index (χ1v) is 7.90. The minimum Gasteiger partial charge on any atom is -0.481 e. The molecule has 3 N–H and O–H groups in total. The highest BCUT2D eigenvalue weighted by Crippen LogP contribution is 2.24. The highest BCUT2D eigenvalue weighted by molar-refractivity contribution is 7.99. The zero-order chi connectivity index (χ0) is 14.5. The lowest BCUT2D eigenvalue weighted by Gasteiger charge is -2.30. The lowest BCUT2D eigenvalue weighted by Crippen LogP contribution is -2.50. The number of carbonyl (C=O) groups excluding carboxylic acids is 1. The minimum atomic E-state index is -0.811. The number of carbonyl (C=O) groups is 2. The molecule has 0 aromatic heterocycles. The summed E-state index contributed by atoms with van der Waals surface area (Å²) in [6, 6.07) is -0.510. The van der Waals surface area contributed by atoms with Gasteiger partial charge in [0.1, 0.15) is 0 Å². The van der Waals surface area contributed by atoms with Crippen LogP contribution in [0.25, 0.3) is 0 Å². The second kappa shape index (κ2) is 7.03. The Balaban J connectivity index is 2.44. The Morgan fingerprint density at radius 3 is 2.53 bits per heavy atom. The number of aliphatic carboxylic acids is 1. The van der Waals surface area contributed by atoms with E-state index in [-0.39, 0.29) is 16.8 Å². The van der Waals surface area contributed by atoms with Crippen LogP contribution >= 0.6 is 11.8 Å². The van der Waals surface area contributed by atoms with E-state index in [2.05, 4.69) is 24.5 Å². The monoisotopic (exact) mass is 288 g/mol. The Bertz CT molecular complexity index is 334. The summed E-state index contributed by atoms with van der Waals surface area (Å²) in [7, 11) is 0. The molecule has 0 aromatic carbocycles. The molecule has 1 aliphatic rings. The number of hydrogen-bond acceptors (Lipinski definition) is 3. The number of amides is 2. The second-order valence-electron chi connectivity index (χ2n) is 5.63. The number of urea groups is 1. The number of nitrogens with one attached hydrogen (secondary N) is 2. The van der Waals surface area contributed by atoms with Crippen molar-refractivity contribution < 1.29 is 14.7 Å². The molecular weight excluding hydrogens is 264 g/mol. The van der Waals surface area contributed by atoms with E-state index in [1.807, 2.05) is 6.26 Å². The molecule has 0 saturated heterocycles. The van der Waals surface area contributed by atoms with Crippen molar-refractivity contribution in [3.8, 4) is 0 Å². The van der Waals surface area contributed by atoms with Crippen LogP contribution in [0.2, 0.25) is 0 Å². The normalized spacial score (nSPS) is 23.7. The predicted molar refractivity (Wildman–Crippen MR) is 77.5 cm³/mol. The van der Waals surface area contributed by atoms with Crippen LogP contribution in [0.4, 0.5) is 4.79 Å². The third-order valence-electron chi connectivity index (χ3n) is 3.63. The van der Waals surface area contributed by atoms with Gasteiger partial charge in [0.2, 0.25) is 0 Å². The summed E-state index contributed by atoms with van der Waals surface area (Å²) in [6.45, 7) is 4.67. The number of carboxylic acid groups (broad SMARTS) is 1. The zero-order valence-corrected chi connectivity index (χ0v) is 12.7. The SMILES string of the molecule is CSC(C)(C)CNC(=O)NC1CCCCC1C(=O)O. The van der Waals surface area contributed by atoms with E-state index >= 15 is 0 Å². The van der Waals surface area contributed by atoms with Crippen LogP contribution in [0.15, 0.2) is 0 Å². The van der Waals surface area contributed by atoms with Gasteiger partial charge in [0.15, 0.2) is 0 Å². The Hall–Kier alpha value is -0.910. The van der Waals surface area contributed by atoms with Crippen molar-refractivity contribution in [3.63, 3.8) is 0 Å². The average Bonchev–Trinajstić information content (AvgIpc) is 2.37. The molecule has 0 spiro atoms. The van der Waals surface area contributed by atoms with Gasteiger partial charge in [-0.25, -0.2) is 4.79 Å². The smallest absolute Gasteiger partial charge is 0.315 e. The van der Waals surface area contributed by atoms with Crippen LogP contribution in [0.5, 0.6) is 0 Å². The fourth-order valence-electron chi connectivity index (χ4n) is 2.18. The van der Waals surface area contributed by atoms with Gasteiger partial charge in [-0.05, 0) is 32.9 Å². The first kappa shape index (κ1) is 16.1. The Morgan fingerprint density at radius 2 is 1.95 bits per heavy atom. The molecule has 2 amide bonds. The topological polar surface area (TPSA) is 78.4 Å². The maximum Gasteiger partial charge on any atom is 0.315 e. The molecule has 19 heavy (non-hydrogen) atoms. The maximum atomic E-state index is 11.8. The van der Waals surface area contributed by atoms with E-state index in [0.717, 1.165) is 19.3 Å². The van der Waals surface area contributed by atoms with Crippen molar-refractivity contribution in [1.82, 2.24) is 10.6 Å². The van der Waals surface area contributed by atoms with Crippen molar-refractivity contribution in [2.75, 3.05) is 12.8 Å². The van der Waals surface area contributed by atoms with Crippen LogP contribution in [0, 0.1) is 5.92 Å². The Labute approximate surface area is 118 Å². The highest BCUT2D eigenvalue weighted by Gasteiger charge is 2.32. The van der Waals surface area contributed by atoms with Gasteiger partial charge in [0, 0.05) is 17.3 Å². The molecule has 2 atom stereocenters. The van der Waals surface area contributed by atoms with Crippen molar-refractivity contribution in [2.24, 2.45) is 5.92 Å². The number of hydrogen-bond donors (Lipinski definition) is 3. The number of carboxylic acids is 1. The van der Waals surface area contributed by atoms with Gasteiger partial charge in [-0.3, -0.25) is 4.79 Å². The summed E-state index contributed by atoms with van der Waals surface area (Å²) in [5.74, 6) is -1.26. The quantitative estimate of drug-likeness (QED) is 0.723. The second-order valence-corrected chi connectivity index (χ2v) is 7.14. The lowest BCUT2D eigenvalue weighted by molar-refractivity contribution is -0.143. The molecule has 0 bridgehead atoms. The fourth-order valence-corrected chi connectivity index (χ4v) is 2.40. The van der Waals surface area contributed by atoms with E-state index in [4.69, 9.17) is 5.11 Å². The third-order valence-corrected chi connectivity index (χ3v) is 4.88. The molecule has 1 rings (SSSR count). The van der Waals surface area contributed by atoms with E-state index in [9.17, 15) is 9.59 Å². The molecule has 0 radical (unpaired) electrons.